The van der Waals surface area contributed by atoms with Crippen molar-refractivity contribution < 1.29 is 4.79 Å². The predicted octanol–water partition coefficient (Wildman–Crippen LogP) is 2.81. The first-order valence-electron chi connectivity index (χ1n) is 4.85. The van der Waals surface area contributed by atoms with Gasteiger partial charge in [-0.15, -0.1) is 11.3 Å². The molecule has 0 saturated carbocycles. The summed E-state index contributed by atoms with van der Waals surface area (Å²) < 4.78 is 0. The van der Waals surface area contributed by atoms with Gasteiger partial charge in [-0.2, -0.15) is 0 Å². The Morgan fingerprint density at radius 3 is 2.71 bits per heavy atom. The number of thiophene rings is 1. The average molecular weight is 227 g/mol. The summed E-state index contributed by atoms with van der Waals surface area (Å²) in [7, 11) is 0. The molecule has 76 valence electrons. The maximum Gasteiger partial charge on any atom is 0.228 e. The molecule has 4 heteroatoms. The third-order valence-electron chi connectivity index (χ3n) is 2.54. The minimum Gasteiger partial charge on any atom is -0.370 e. The van der Waals surface area contributed by atoms with E-state index < -0.39 is 0 Å². The van der Waals surface area contributed by atoms with E-state index in [0.717, 1.165) is 23.7 Å². The zero-order valence-electron chi connectivity index (χ0n) is 7.90. The van der Waals surface area contributed by atoms with Gasteiger partial charge in [-0.05, 0) is 30.7 Å². The summed E-state index contributed by atoms with van der Waals surface area (Å²) in [6, 6.07) is 2.03. The molecule has 1 aromatic heterocycles. The Balaban J connectivity index is 2.21. The van der Waals surface area contributed by atoms with E-state index in [9.17, 15) is 4.79 Å². The first-order valence-corrected chi connectivity index (χ1v) is 6.17. The second-order valence-corrected chi connectivity index (χ2v) is 4.81. The molecule has 1 aromatic rings. The first-order chi connectivity index (χ1) is 6.79. The predicted molar refractivity (Wildman–Crippen MR) is 63.7 cm³/mol. The average Bonchev–Trinajstić information content (AvgIpc) is 2.67. The molecule has 1 fully saturated rings. The molecule has 1 saturated heterocycles. The summed E-state index contributed by atoms with van der Waals surface area (Å²) in [4.78, 5) is 14.3. The van der Waals surface area contributed by atoms with Gasteiger partial charge < -0.3 is 4.90 Å². The van der Waals surface area contributed by atoms with Crippen LogP contribution in [0.4, 0.5) is 5.69 Å². The van der Waals surface area contributed by atoms with Gasteiger partial charge in [0.05, 0.1) is 5.69 Å². The number of anilines is 1. The van der Waals surface area contributed by atoms with Crippen molar-refractivity contribution in [2.24, 2.45) is 0 Å². The fraction of sp³-hybridized carbons (Fsp3) is 0.500. The number of rotatable bonds is 2. The molecule has 0 aliphatic carbocycles. The Kier molecular flexibility index (Phi) is 3.13. The Bertz CT molecular complexity index is 329. The number of thiol groups is 1. The van der Waals surface area contributed by atoms with E-state index in [1.807, 2.05) is 11.4 Å². The largest absolute Gasteiger partial charge is 0.370 e. The van der Waals surface area contributed by atoms with E-state index >= 15 is 0 Å². The standard InChI is InChI=1S/C10H13NOS2/c12-10(13)9-8(4-7-14-9)11-5-2-1-3-6-11/h4,7H,1-3,5-6H2,(H,12,13). The molecule has 0 aromatic carbocycles. The van der Waals surface area contributed by atoms with Gasteiger partial charge in [0.25, 0.3) is 0 Å². The number of hydrogen-bond donors (Lipinski definition) is 1. The minimum atomic E-state index is -0.111. The normalized spacial score (nSPS) is 17.1. The zero-order valence-corrected chi connectivity index (χ0v) is 9.61. The van der Waals surface area contributed by atoms with E-state index in [0.29, 0.717) is 0 Å². The van der Waals surface area contributed by atoms with Crippen molar-refractivity contribution in [3.8, 4) is 0 Å². The highest BCUT2D eigenvalue weighted by atomic mass is 32.1. The van der Waals surface area contributed by atoms with Crippen molar-refractivity contribution in [3.05, 3.63) is 16.3 Å². The Morgan fingerprint density at radius 1 is 1.36 bits per heavy atom. The summed E-state index contributed by atoms with van der Waals surface area (Å²) in [5.74, 6) is 0. The molecule has 0 spiro atoms. The molecule has 2 heterocycles. The third-order valence-corrected chi connectivity index (χ3v) is 3.81. The van der Waals surface area contributed by atoms with Crippen molar-refractivity contribution >= 4 is 34.8 Å². The second kappa shape index (κ2) is 4.36. The lowest BCUT2D eigenvalue weighted by Crippen LogP contribution is -2.29. The molecule has 2 rings (SSSR count). The number of hydrogen-bond acceptors (Lipinski definition) is 3. The van der Waals surface area contributed by atoms with E-state index in [2.05, 4.69) is 17.5 Å². The number of carbonyl (C=O) groups excluding carboxylic acids is 1. The number of piperidine rings is 1. The Hall–Kier alpha value is -0.480. The van der Waals surface area contributed by atoms with Gasteiger partial charge in [0.1, 0.15) is 4.88 Å². The lowest BCUT2D eigenvalue weighted by molar-refractivity contribution is 0.109. The molecular formula is C10H13NOS2. The molecule has 0 atom stereocenters. The summed E-state index contributed by atoms with van der Waals surface area (Å²) >= 11 is 5.37. The van der Waals surface area contributed by atoms with Crippen LogP contribution in [0.15, 0.2) is 11.4 Å². The quantitative estimate of drug-likeness (QED) is 0.784. The van der Waals surface area contributed by atoms with E-state index in [4.69, 9.17) is 0 Å². The van der Waals surface area contributed by atoms with Crippen molar-refractivity contribution in [1.29, 1.82) is 0 Å². The summed E-state index contributed by atoms with van der Waals surface area (Å²) in [6.07, 6.45) is 3.77. The second-order valence-electron chi connectivity index (χ2n) is 3.49. The van der Waals surface area contributed by atoms with Crippen LogP contribution in [-0.4, -0.2) is 18.2 Å². The summed E-state index contributed by atoms with van der Waals surface area (Å²) in [5.41, 5.74) is 1.08. The molecule has 0 unspecified atom stereocenters. The van der Waals surface area contributed by atoms with Gasteiger partial charge in [0.15, 0.2) is 0 Å². The zero-order chi connectivity index (χ0) is 9.97. The molecule has 1 aliphatic heterocycles. The van der Waals surface area contributed by atoms with Crippen LogP contribution >= 0.6 is 24.0 Å². The number of carbonyl (C=O) groups is 1. The van der Waals surface area contributed by atoms with Gasteiger partial charge in [0, 0.05) is 13.1 Å². The highest BCUT2D eigenvalue weighted by molar-refractivity contribution is 7.97. The molecule has 0 bridgehead atoms. The molecule has 1 aliphatic rings. The third kappa shape index (κ3) is 1.96. The maximum atomic E-state index is 11.2. The van der Waals surface area contributed by atoms with E-state index in [1.165, 1.54) is 30.6 Å². The van der Waals surface area contributed by atoms with Crippen LogP contribution in [0.2, 0.25) is 0 Å². The van der Waals surface area contributed by atoms with Crippen LogP contribution in [0.3, 0.4) is 0 Å². The molecular weight excluding hydrogens is 214 g/mol. The van der Waals surface area contributed by atoms with Crippen LogP contribution in [0, 0.1) is 0 Å². The van der Waals surface area contributed by atoms with Gasteiger partial charge >= 0.3 is 0 Å². The van der Waals surface area contributed by atoms with Crippen LogP contribution in [0.5, 0.6) is 0 Å². The summed E-state index contributed by atoms with van der Waals surface area (Å²) in [5, 5.41) is 1.86. The van der Waals surface area contributed by atoms with Crippen molar-refractivity contribution in [3.63, 3.8) is 0 Å². The van der Waals surface area contributed by atoms with Crippen molar-refractivity contribution in [2.75, 3.05) is 18.0 Å². The van der Waals surface area contributed by atoms with Crippen molar-refractivity contribution in [2.45, 2.75) is 19.3 Å². The SMILES string of the molecule is O=C(S)c1sccc1N1CCCCC1. The minimum absolute atomic E-state index is 0.111. The topological polar surface area (TPSA) is 20.3 Å². The lowest BCUT2D eigenvalue weighted by Gasteiger charge is -2.28. The van der Waals surface area contributed by atoms with Gasteiger partial charge in [-0.3, -0.25) is 4.79 Å². The smallest absolute Gasteiger partial charge is 0.228 e. The molecule has 0 N–H and O–H groups in total. The fourth-order valence-electron chi connectivity index (χ4n) is 1.85. The fourth-order valence-corrected chi connectivity index (χ4v) is 2.87. The molecule has 14 heavy (non-hydrogen) atoms. The van der Waals surface area contributed by atoms with Gasteiger partial charge in [0.2, 0.25) is 5.12 Å². The van der Waals surface area contributed by atoms with Crippen LogP contribution in [-0.2, 0) is 0 Å². The van der Waals surface area contributed by atoms with E-state index in [-0.39, 0.29) is 5.12 Å². The Morgan fingerprint density at radius 2 is 2.07 bits per heavy atom. The van der Waals surface area contributed by atoms with Gasteiger partial charge in [-0.1, -0.05) is 12.6 Å². The van der Waals surface area contributed by atoms with Gasteiger partial charge in [-0.25, -0.2) is 0 Å². The number of nitrogens with zero attached hydrogens (tertiary/aromatic N) is 1. The van der Waals surface area contributed by atoms with Crippen LogP contribution in [0.1, 0.15) is 28.9 Å². The highest BCUT2D eigenvalue weighted by Crippen LogP contribution is 2.29. The van der Waals surface area contributed by atoms with E-state index in [1.54, 1.807) is 0 Å². The molecule has 0 amide bonds. The maximum absolute atomic E-state index is 11.2. The Labute approximate surface area is 93.3 Å². The monoisotopic (exact) mass is 227 g/mol. The van der Waals surface area contributed by atoms with Crippen molar-refractivity contribution in [1.82, 2.24) is 0 Å². The van der Waals surface area contributed by atoms with Crippen LogP contribution in [0.25, 0.3) is 0 Å². The van der Waals surface area contributed by atoms with Crippen LogP contribution < -0.4 is 4.90 Å². The molecule has 0 radical (unpaired) electrons. The molecule has 2 nitrogen and oxygen atoms in total. The highest BCUT2D eigenvalue weighted by Gasteiger charge is 2.17. The first kappa shape index (κ1) is 10.1. The lowest BCUT2D eigenvalue weighted by atomic mass is 10.1. The summed E-state index contributed by atoms with van der Waals surface area (Å²) in [6.45, 7) is 2.15.